The lowest BCUT2D eigenvalue weighted by Gasteiger charge is -2.09. The molecule has 1 aromatic carbocycles. The summed E-state index contributed by atoms with van der Waals surface area (Å²) in [5, 5.41) is 2.94. The smallest absolute Gasteiger partial charge is 0.224 e. The standard InChI is InChI=1S/C20H20N2O3/c1-2-24-17-9-7-15(8-10-17)13-19(23)22-14-16-5-3-11-21-20(16)18-6-4-12-25-18/h3-12H,2,13-14H2,1H3,(H,22,23). The van der Waals surface area contributed by atoms with Crippen LogP contribution < -0.4 is 10.1 Å². The van der Waals surface area contributed by atoms with E-state index in [2.05, 4.69) is 10.3 Å². The number of hydrogen-bond acceptors (Lipinski definition) is 4. The van der Waals surface area contributed by atoms with Crippen LogP contribution in [0.1, 0.15) is 18.1 Å². The zero-order valence-corrected chi connectivity index (χ0v) is 14.1. The predicted molar refractivity (Wildman–Crippen MR) is 95.1 cm³/mol. The molecule has 0 fully saturated rings. The first-order chi connectivity index (χ1) is 12.3. The van der Waals surface area contributed by atoms with Gasteiger partial charge in [-0.3, -0.25) is 9.78 Å². The minimum absolute atomic E-state index is 0.0431. The molecule has 1 amide bonds. The molecule has 0 spiro atoms. The third-order valence-electron chi connectivity index (χ3n) is 3.72. The number of amides is 1. The fourth-order valence-electron chi connectivity index (χ4n) is 2.53. The number of ether oxygens (including phenoxy) is 1. The van der Waals surface area contributed by atoms with Crippen molar-refractivity contribution < 1.29 is 13.9 Å². The van der Waals surface area contributed by atoms with Crippen molar-refractivity contribution >= 4 is 5.91 Å². The van der Waals surface area contributed by atoms with E-state index in [0.717, 1.165) is 22.6 Å². The Bertz CT molecular complexity index is 811. The first kappa shape index (κ1) is 16.8. The first-order valence-electron chi connectivity index (χ1n) is 8.22. The molecule has 128 valence electrons. The van der Waals surface area contributed by atoms with Crippen LogP contribution >= 0.6 is 0 Å². The Hall–Kier alpha value is -3.08. The topological polar surface area (TPSA) is 64.4 Å². The van der Waals surface area contributed by atoms with Crippen LogP contribution in [-0.2, 0) is 17.8 Å². The van der Waals surface area contributed by atoms with Crippen molar-refractivity contribution in [3.05, 3.63) is 72.1 Å². The molecule has 0 radical (unpaired) electrons. The molecule has 3 rings (SSSR count). The lowest BCUT2D eigenvalue weighted by molar-refractivity contribution is -0.120. The van der Waals surface area contributed by atoms with E-state index in [1.54, 1.807) is 12.5 Å². The maximum atomic E-state index is 12.2. The van der Waals surface area contributed by atoms with Crippen molar-refractivity contribution in [1.82, 2.24) is 10.3 Å². The number of pyridine rings is 1. The van der Waals surface area contributed by atoms with Gasteiger partial charge in [-0.05, 0) is 42.8 Å². The maximum absolute atomic E-state index is 12.2. The van der Waals surface area contributed by atoms with Gasteiger partial charge >= 0.3 is 0 Å². The van der Waals surface area contributed by atoms with Crippen molar-refractivity contribution in [2.24, 2.45) is 0 Å². The molecule has 2 aromatic heterocycles. The minimum Gasteiger partial charge on any atom is -0.494 e. The number of hydrogen-bond donors (Lipinski definition) is 1. The van der Waals surface area contributed by atoms with Crippen molar-refractivity contribution in [2.75, 3.05) is 6.61 Å². The number of rotatable bonds is 7. The van der Waals surface area contributed by atoms with Gasteiger partial charge in [0.05, 0.1) is 19.3 Å². The molecule has 0 atom stereocenters. The Balaban J connectivity index is 1.59. The molecule has 0 saturated carbocycles. The van der Waals surface area contributed by atoms with E-state index in [4.69, 9.17) is 9.15 Å². The number of nitrogens with zero attached hydrogens (tertiary/aromatic N) is 1. The Labute approximate surface area is 146 Å². The average molecular weight is 336 g/mol. The third kappa shape index (κ3) is 4.47. The van der Waals surface area contributed by atoms with Crippen molar-refractivity contribution in [1.29, 1.82) is 0 Å². The summed E-state index contributed by atoms with van der Waals surface area (Å²) in [6.45, 7) is 2.97. The van der Waals surface area contributed by atoms with Crippen molar-refractivity contribution in [2.45, 2.75) is 19.9 Å². The molecule has 3 aromatic rings. The second-order valence-corrected chi connectivity index (χ2v) is 5.52. The van der Waals surface area contributed by atoms with E-state index in [9.17, 15) is 4.79 Å². The molecular weight excluding hydrogens is 316 g/mol. The highest BCUT2D eigenvalue weighted by Crippen LogP contribution is 2.21. The van der Waals surface area contributed by atoms with Gasteiger partial charge in [0.15, 0.2) is 5.76 Å². The SMILES string of the molecule is CCOc1ccc(CC(=O)NCc2cccnc2-c2ccco2)cc1. The highest BCUT2D eigenvalue weighted by Gasteiger charge is 2.10. The highest BCUT2D eigenvalue weighted by atomic mass is 16.5. The van der Waals surface area contributed by atoms with Crippen molar-refractivity contribution in [3.63, 3.8) is 0 Å². The molecule has 5 heteroatoms. The number of carbonyl (C=O) groups excluding carboxylic acids is 1. The summed E-state index contributed by atoms with van der Waals surface area (Å²) >= 11 is 0. The zero-order valence-electron chi connectivity index (χ0n) is 14.1. The average Bonchev–Trinajstić information content (AvgIpc) is 3.17. The molecule has 0 aliphatic carbocycles. The Kier molecular flexibility index (Phi) is 5.46. The lowest BCUT2D eigenvalue weighted by Crippen LogP contribution is -2.24. The third-order valence-corrected chi connectivity index (χ3v) is 3.72. The molecule has 0 unspecified atom stereocenters. The molecule has 0 bridgehead atoms. The summed E-state index contributed by atoms with van der Waals surface area (Å²) in [6, 6.07) is 15.0. The molecule has 0 saturated heterocycles. The summed E-state index contributed by atoms with van der Waals surface area (Å²) in [4.78, 5) is 16.6. The number of benzene rings is 1. The van der Waals surface area contributed by atoms with Gasteiger partial charge in [0.25, 0.3) is 0 Å². The minimum atomic E-state index is -0.0431. The van der Waals surface area contributed by atoms with Gasteiger partial charge in [0.2, 0.25) is 5.91 Å². The van der Waals surface area contributed by atoms with E-state index in [-0.39, 0.29) is 5.91 Å². The molecule has 1 N–H and O–H groups in total. The van der Waals surface area contributed by atoms with Gasteiger partial charge in [-0.15, -0.1) is 0 Å². The van der Waals surface area contributed by atoms with Gasteiger partial charge in [-0.2, -0.15) is 0 Å². The molecule has 0 aliphatic heterocycles. The predicted octanol–water partition coefficient (Wildman–Crippen LogP) is 3.60. The zero-order chi connectivity index (χ0) is 17.5. The first-order valence-corrected chi connectivity index (χ1v) is 8.22. The highest BCUT2D eigenvalue weighted by molar-refractivity contribution is 5.78. The monoisotopic (exact) mass is 336 g/mol. The quantitative estimate of drug-likeness (QED) is 0.716. The van der Waals surface area contributed by atoms with E-state index in [0.29, 0.717) is 25.3 Å². The summed E-state index contributed by atoms with van der Waals surface area (Å²) in [5.74, 6) is 1.46. The van der Waals surface area contributed by atoms with Crippen molar-refractivity contribution in [3.8, 4) is 17.2 Å². The van der Waals surface area contributed by atoms with Crippen LogP contribution in [0.3, 0.4) is 0 Å². The van der Waals surface area contributed by atoms with Gasteiger partial charge in [-0.1, -0.05) is 18.2 Å². The number of carbonyl (C=O) groups is 1. The Morgan fingerprint density at radius 1 is 1.16 bits per heavy atom. The maximum Gasteiger partial charge on any atom is 0.224 e. The van der Waals surface area contributed by atoms with Gasteiger partial charge in [0.1, 0.15) is 11.4 Å². The van der Waals surface area contributed by atoms with Crippen LogP contribution in [-0.4, -0.2) is 17.5 Å². The van der Waals surface area contributed by atoms with Crippen LogP contribution in [0.5, 0.6) is 5.75 Å². The van der Waals surface area contributed by atoms with E-state index >= 15 is 0 Å². The summed E-state index contributed by atoms with van der Waals surface area (Å²) in [5.41, 5.74) is 2.60. The number of furan rings is 1. The fraction of sp³-hybridized carbons (Fsp3) is 0.200. The second kappa shape index (κ2) is 8.15. The summed E-state index contributed by atoms with van der Waals surface area (Å²) < 4.78 is 10.8. The van der Waals surface area contributed by atoms with Crippen LogP contribution in [0.25, 0.3) is 11.5 Å². The van der Waals surface area contributed by atoms with Gasteiger partial charge in [-0.25, -0.2) is 0 Å². The van der Waals surface area contributed by atoms with Crippen LogP contribution in [0.2, 0.25) is 0 Å². The molecule has 2 heterocycles. The number of aromatic nitrogens is 1. The lowest BCUT2D eigenvalue weighted by atomic mass is 10.1. The summed E-state index contributed by atoms with van der Waals surface area (Å²) in [6.07, 6.45) is 3.64. The normalized spacial score (nSPS) is 10.4. The Morgan fingerprint density at radius 3 is 2.72 bits per heavy atom. The van der Waals surface area contributed by atoms with E-state index in [1.165, 1.54) is 0 Å². The van der Waals surface area contributed by atoms with Crippen LogP contribution in [0.4, 0.5) is 0 Å². The van der Waals surface area contributed by atoms with E-state index < -0.39 is 0 Å². The largest absolute Gasteiger partial charge is 0.494 e. The van der Waals surface area contributed by atoms with Crippen LogP contribution in [0, 0.1) is 0 Å². The molecule has 25 heavy (non-hydrogen) atoms. The Morgan fingerprint density at radius 2 is 2.00 bits per heavy atom. The summed E-state index contributed by atoms with van der Waals surface area (Å²) in [7, 11) is 0. The molecular formula is C20H20N2O3. The fourth-order valence-corrected chi connectivity index (χ4v) is 2.53. The van der Waals surface area contributed by atoms with E-state index in [1.807, 2.05) is 55.5 Å². The molecule has 0 aliphatic rings. The van der Waals surface area contributed by atoms with Crippen LogP contribution in [0.15, 0.2) is 65.4 Å². The van der Waals surface area contributed by atoms with Gasteiger partial charge in [0, 0.05) is 18.3 Å². The van der Waals surface area contributed by atoms with Gasteiger partial charge < -0.3 is 14.5 Å². The second-order valence-electron chi connectivity index (χ2n) is 5.52. The number of nitrogens with one attached hydrogen (secondary N) is 1. The molecule has 5 nitrogen and oxygen atoms in total.